The van der Waals surface area contributed by atoms with Gasteiger partial charge in [-0.05, 0) is 12.8 Å². The van der Waals surface area contributed by atoms with E-state index in [1.54, 1.807) is 14.8 Å². The zero-order chi connectivity index (χ0) is 16.3. The van der Waals surface area contributed by atoms with Crippen molar-refractivity contribution in [3.8, 4) is 0 Å². The number of nitrogens with two attached hydrogens (primary N) is 1. The topological polar surface area (TPSA) is 82.8 Å². The molecule has 0 atom stereocenters. The molecular weight excluding hydrogens is 370 g/mol. The third-order valence-corrected chi connectivity index (χ3v) is 7.35. The largest absolute Gasteiger partial charge is 0.375 e. The third kappa shape index (κ3) is 4.80. The highest BCUT2D eigenvalue weighted by atomic mass is 35.5. The van der Waals surface area contributed by atoms with Crippen molar-refractivity contribution in [3.05, 3.63) is 11.1 Å². The number of thiazole rings is 1. The number of nitrogens with zero attached hydrogens (tertiary/aromatic N) is 4. The molecule has 2 fully saturated rings. The second-order valence-corrected chi connectivity index (χ2v) is 9.24. The van der Waals surface area contributed by atoms with Gasteiger partial charge in [-0.25, -0.2) is 4.98 Å². The third-order valence-electron chi connectivity index (χ3n) is 4.50. The van der Waals surface area contributed by atoms with Crippen LogP contribution in [-0.2, 0) is 16.8 Å². The molecule has 0 unspecified atom stereocenters. The summed E-state index contributed by atoms with van der Waals surface area (Å²) in [5.41, 5.74) is 5.65. The van der Waals surface area contributed by atoms with Crippen molar-refractivity contribution in [1.82, 2.24) is 18.5 Å². The monoisotopic (exact) mass is 395 g/mol. The SMILES string of the molecule is Cl.Nc1ncc(CN2CCN(S(=O)(=O)N3CCCCCC3)CC2)s1. The number of nitrogen functional groups attached to an aromatic ring is 1. The molecule has 2 saturated heterocycles. The second-order valence-electron chi connectivity index (χ2n) is 6.16. The van der Waals surface area contributed by atoms with E-state index in [1.807, 2.05) is 0 Å². The Labute approximate surface area is 154 Å². The van der Waals surface area contributed by atoms with Crippen molar-refractivity contribution >= 4 is 39.1 Å². The second kappa shape index (κ2) is 8.77. The van der Waals surface area contributed by atoms with E-state index in [9.17, 15) is 8.42 Å². The molecule has 0 radical (unpaired) electrons. The van der Waals surface area contributed by atoms with Gasteiger partial charge in [-0.3, -0.25) is 4.90 Å². The average Bonchev–Trinajstić information content (AvgIpc) is 2.79. The summed E-state index contributed by atoms with van der Waals surface area (Å²) in [6.45, 7) is 4.77. The Kier molecular flexibility index (Phi) is 7.26. The number of halogens is 1. The van der Waals surface area contributed by atoms with Crippen LogP contribution in [-0.4, -0.2) is 66.2 Å². The lowest BCUT2D eigenvalue weighted by atomic mass is 10.2. The summed E-state index contributed by atoms with van der Waals surface area (Å²) in [5.74, 6) is 0. The number of hydrogen-bond acceptors (Lipinski definition) is 6. The van der Waals surface area contributed by atoms with Crippen LogP contribution in [0.2, 0.25) is 0 Å². The Hall–Kier alpha value is -0.450. The zero-order valence-corrected chi connectivity index (χ0v) is 16.2. The molecule has 0 bridgehead atoms. The Morgan fingerprint density at radius 1 is 1.00 bits per heavy atom. The Bertz CT molecular complexity index is 608. The highest BCUT2D eigenvalue weighted by Crippen LogP contribution is 2.20. The Morgan fingerprint density at radius 3 is 2.12 bits per heavy atom. The van der Waals surface area contributed by atoms with Gasteiger partial charge in [0.05, 0.1) is 0 Å². The molecule has 138 valence electrons. The smallest absolute Gasteiger partial charge is 0.282 e. The van der Waals surface area contributed by atoms with Gasteiger partial charge in [0, 0.05) is 56.9 Å². The molecule has 0 aromatic carbocycles. The summed E-state index contributed by atoms with van der Waals surface area (Å²) < 4.78 is 28.9. The minimum Gasteiger partial charge on any atom is -0.375 e. The van der Waals surface area contributed by atoms with Gasteiger partial charge >= 0.3 is 0 Å². The minimum absolute atomic E-state index is 0. The van der Waals surface area contributed by atoms with Crippen LogP contribution < -0.4 is 5.73 Å². The van der Waals surface area contributed by atoms with E-state index in [0.717, 1.165) is 50.2 Å². The van der Waals surface area contributed by atoms with E-state index in [1.165, 1.54) is 11.3 Å². The molecule has 7 nitrogen and oxygen atoms in total. The van der Waals surface area contributed by atoms with Gasteiger partial charge in [-0.2, -0.15) is 17.0 Å². The lowest BCUT2D eigenvalue weighted by molar-refractivity contribution is 0.176. The van der Waals surface area contributed by atoms with Gasteiger partial charge in [0.15, 0.2) is 5.13 Å². The van der Waals surface area contributed by atoms with Crippen LogP contribution in [0.15, 0.2) is 6.20 Å². The fourth-order valence-electron chi connectivity index (χ4n) is 3.17. The quantitative estimate of drug-likeness (QED) is 0.832. The average molecular weight is 396 g/mol. The van der Waals surface area contributed by atoms with E-state index in [2.05, 4.69) is 9.88 Å². The van der Waals surface area contributed by atoms with Crippen LogP contribution in [0.4, 0.5) is 5.13 Å². The van der Waals surface area contributed by atoms with Gasteiger partial charge in [-0.15, -0.1) is 23.7 Å². The van der Waals surface area contributed by atoms with E-state index in [-0.39, 0.29) is 12.4 Å². The Morgan fingerprint density at radius 2 is 1.58 bits per heavy atom. The van der Waals surface area contributed by atoms with Gasteiger partial charge in [0.1, 0.15) is 0 Å². The molecule has 2 N–H and O–H groups in total. The molecule has 0 saturated carbocycles. The summed E-state index contributed by atoms with van der Waals surface area (Å²) in [4.78, 5) is 7.46. The first-order valence-electron chi connectivity index (χ1n) is 8.23. The number of rotatable bonds is 4. The molecule has 3 heterocycles. The van der Waals surface area contributed by atoms with Crippen LogP contribution >= 0.6 is 23.7 Å². The molecule has 24 heavy (non-hydrogen) atoms. The molecule has 1 aromatic rings. The van der Waals surface area contributed by atoms with E-state index in [0.29, 0.717) is 31.3 Å². The lowest BCUT2D eigenvalue weighted by Gasteiger charge is -2.36. The van der Waals surface area contributed by atoms with Crippen molar-refractivity contribution in [3.63, 3.8) is 0 Å². The van der Waals surface area contributed by atoms with Gasteiger partial charge in [0.2, 0.25) is 0 Å². The molecule has 2 aliphatic heterocycles. The normalized spacial score (nSPS) is 22.0. The van der Waals surface area contributed by atoms with E-state index < -0.39 is 10.2 Å². The van der Waals surface area contributed by atoms with Crippen molar-refractivity contribution in [1.29, 1.82) is 0 Å². The van der Waals surface area contributed by atoms with Gasteiger partial charge < -0.3 is 5.73 Å². The predicted molar refractivity (Wildman–Crippen MR) is 99.6 cm³/mol. The Balaban J connectivity index is 0.00000208. The molecule has 0 amide bonds. The fraction of sp³-hybridized carbons (Fsp3) is 0.786. The van der Waals surface area contributed by atoms with Crippen molar-refractivity contribution in [2.24, 2.45) is 0 Å². The maximum atomic E-state index is 12.8. The highest BCUT2D eigenvalue weighted by molar-refractivity contribution is 7.86. The van der Waals surface area contributed by atoms with Gasteiger partial charge in [-0.1, -0.05) is 12.8 Å². The lowest BCUT2D eigenvalue weighted by Crippen LogP contribution is -2.52. The summed E-state index contributed by atoms with van der Waals surface area (Å²) >= 11 is 1.50. The molecule has 1 aromatic heterocycles. The fourth-order valence-corrected chi connectivity index (χ4v) is 5.57. The molecule has 2 aliphatic rings. The van der Waals surface area contributed by atoms with Crippen molar-refractivity contribution in [2.45, 2.75) is 32.2 Å². The minimum atomic E-state index is -3.29. The van der Waals surface area contributed by atoms with Gasteiger partial charge in [0.25, 0.3) is 10.2 Å². The summed E-state index contributed by atoms with van der Waals surface area (Å²) in [6, 6.07) is 0. The molecule has 0 aliphatic carbocycles. The first-order chi connectivity index (χ1) is 11.1. The van der Waals surface area contributed by atoms with Crippen LogP contribution in [0, 0.1) is 0 Å². The van der Waals surface area contributed by atoms with Crippen LogP contribution in [0.25, 0.3) is 0 Å². The number of anilines is 1. The summed E-state index contributed by atoms with van der Waals surface area (Å²) in [7, 11) is -3.29. The van der Waals surface area contributed by atoms with Crippen LogP contribution in [0.3, 0.4) is 0 Å². The number of aromatic nitrogens is 1. The standard InChI is InChI=1S/C14H25N5O2S2.ClH/c15-14-16-11-13(22-14)12-17-7-9-19(10-8-17)23(20,21)18-5-3-1-2-4-6-18;/h11H,1-10,12H2,(H2,15,16);1H. The highest BCUT2D eigenvalue weighted by Gasteiger charge is 2.32. The maximum absolute atomic E-state index is 12.8. The maximum Gasteiger partial charge on any atom is 0.282 e. The van der Waals surface area contributed by atoms with Crippen LogP contribution in [0.5, 0.6) is 0 Å². The molecule has 10 heteroatoms. The summed E-state index contributed by atoms with van der Waals surface area (Å²) in [5, 5.41) is 0.586. The van der Waals surface area contributed by atoms with E-state index >= 15 is 0 Å². The predicted octanol–water partition coefficient (Wildman–Crippen LogP) is 1.39. The molecular formula is C14H26ClN5O2S2. The number of piperazine rings is 1. The van der Waals surface area contributed by atoms with E-state index in [4.69, 9.17) is 5.73 Å². The summed E-state index contributed by atoms with van der Waals surface area (Å²) in [6.07, 6.45) is 6.04. The van der Waals surface area contributed by atoms with Crippen molar-refractivity contribution < 1.29 is 8.42 Å². The number of hydrogen-bond donors (Lipinski definition) is 1. The first kappa shape index (κ1) is 19.9. The molecule has 3 rings (SSSR count). The zero-order valence-electron chi connectivity index (χ0n) is 13.8. The molecule has 0 spiro atoms. The van der Waals surface area contributed by atoms with Crippen LogP contribution in [0.1, 0.15) is 30.6 Å². The van der Waals surface area contributed by atoms with Crippen molar-refractivity contribution in [2.75, 3.05) is 45.0 Å². The first-order valence-corrected chi connectivity index (χ1v) is 10.4.